The molecule has 1 amide bonds. The Hall–Kier alpha value is -2.44. The fourth-order valence-electron chi connectivity index (χ4n) is 2.56. The Morgan fingerprint density at radius 1 is 0.923 bits per heavy atom. The van der Waals surface area contributed by atoms with Crippen molar-refractivity contribution in [3.8, 4) is 11.1 Å². The summed E-state index contributed by atoms with van der Waals surface area (Å²) >= 11 is 1.15. The fourth-order valence-corrected chi connectivity index (χ4v) is 4.86. The van der Waals surface area contributed by atoms with Crippen LogP contribution in [0, 0.1) is 6.92 Å². The SMILES string of the molecule is Cc1ccc(S(=O)(=O)NC(=O)CCc2ccc(-c3ccccc3)cc2)s1. The van der Waals surface area contributed by atoms with Gasteiger partial charge in [0.25, 0.3) is 10.0 Å². The van der Waals surface area contributed by atoms with E-state index >= 15 is 0 Å². The molecular formula is C20H19NO3S2. The van der Waals surface area contributed by atoms with Crippen LogP contribution in [-0.2, 0) is 21.2 Å². The van der Waals surface area contributed by atoms with E-state index in [9.17, 15) is 13.2 Å². The minimum atomic E-state index is -3.77. The first kappa shape index (κ1) is 18.4. The van der Waals surface area contributed by atoms with Crippen LogP contribution >= 0.6 is 11.3 Å². The lowest BCUT2D eigenvalue weighted by atomic mass is 10.0. The van der Waals surface area contributed by atoms with Gasteiger partial charge >= 0.3 is 0 Å². The predicted molar refractivity (Wildman–Crippen MR) is 105 cm³/mol. The first-order valence-electron chi connectivity index (χ1n) is 8.20. The summed E-state index contributed by atoms with van der Waals surface area (Å²) in [7, 11) is -3.77. The van der Waals surface area contributed by atoms with Crippen LogP contribution in [0.25, 0.3) is 11.1 Å². The Bertz CT molecular complexity index is 991. The van der Waals surface area contributed by atoms with E-state index in [1.807, 2.05) is 61.5 Å². The highest BCUT2D eigenvalue weighted by Crippen LogP contribution is 2.21. The maximum Gasteiger partial charge on any atom is 0.273 e. The van der Waals surface area contributed by atoms with E-state index < -0.39 is 15.9 Å². The van der Waals surface area contributed by atoms with Gasteiger partial charge in [0, 0.05) is 11.3 Å². The van der Waals surface area contributed by atoms with Crippen molar-refractivity contribution in [3.05, 3.63) is 77.2 Å². The van der Waals surface area contributed by atoms with Gasteiger partial charge in [-0.1, -0.05) is 54.6 Å². The van der Waals surface area contributed by atoms with Gasteiger partial charge < -0.3 is 0 Å². The number of amides is 1. The second-order valence-electron chi connectivity index (χ2n) is 5.96. The maximum atomic E-state index is 12.1. The number of nitrogens with one attached hydrogen (secondary N) is 1. The number of rotatable bonds is 6. The van der Waals surface area contributed by atoms with Crippen LogP contribution in [0.2, 0.25) is 0 Å². The molecule has 134 valence electrons. The van der Waals surface area contributed by atoms with Gasteiger partial charge in [-0.15, -0.1) is 11.3 Å². The zero-order valence-corrected chi connectivity index (χ0v) is 15.9. The molecule has 1 N–H and O–H groups in total. The summed E-state index contributed by atoms with van der Waals surface area (Å²) in [6, 6.07) is 21.2. The number of hydrogen-bond acceptors (Lipinski definition) is 4. The molecule has 3 aromatic rings. The monoisotopic (exact) mass is 385 g/mol. The molecule has 0 aliphatic carbocycles. The van der Waals surface area contributed by atoms with E-state index in [1.54, 1.807) is 6.07 Å². The van der Waals surface area contributed by atoms with Crippen LogP contribution in [0.1, 0.15) is 16.9 Å². The van der Waals surface area contributed by atoms with Crippen LogP contribution in [0.15, 0.2) is 70.9 Å². The Labute approximate surface area is 157 Å². The van der Waals surface area contributed by atoms with Crippen LogP contribution in [0.5, 0.6) is 0 Å². The van der Waals surface area contributed by atoms with E-state index in [-0.39, 0.29) is 10.6 Å². The van der Waals surface area contributed by atoms with E-state index in [2.05, 4.69) is 4.72 Å². The highest BCUT2D eigenvalue weighted by Gasteiger charge is 2.19. The van der Waals surface area contributed by atoms with Gasteiger partial charge in [0.1, 0.15) is 4.21 Å². The lowest BCUT2D eigenvalue weighted by molar-refractivity contribution is -0.119. The minimum absolute atomic E-state index is 0.119. The lowest BCUT2D eigenvalue weighted by Crippen LogP contribution is -2.30. The lowest BCUT2D eigenvalue weighted by Gasteiger charge is -2.06. The van der Waals surface area contributed by atoms with E-state index in [0.717, 1.165) is 32.9 Å². The van der Waals surface area contributed by atoms with Crippen molar-refractivity contribution in [2.24, 2.45) is 0 Å². The summed E-state index contributed by atoms with van der Waals surface area (Å²) in [6.07, 6.45) is 0.605. The van der Waals surface area contributed by atoms with Crippen LogP contribution in [0.3, 0.4) is 0 Å². The quantitative estimate of drug-likeness (QED) is 0.693. The van der Waals surface area contributed by atoms with Crippen molar-refractivity contribution in [1.29, 1.82) is 0 Å². The molecule has 3 rings (SSSR count). The van der Waals surface area contributed by atoms with Gasteiger partial charge in [-0.3, -0.25) is 4.79 Å². The minimum Gasteiger partial charge on any atom is -0.274 e. The molecule has 26 heavy (non-hydrogen) atoms. The third-order valence-corrected chi connectivity index (χ3v) is 6.80. The standard InChI is InChI=1S/C20H19NO3S2/c1-15-7-14-20(25-15)26(23,24)21-19(22)13-10-16-8-11-18(12-9-16)17-5-3-2-4-6-17/h2-9,11-12,14H,10,13H2,1H3,(H,21,22). The van der Waals surface area contributed by atoms with Crippen molar-refractivity contribution in [1.82, 2.24) is 4.72 Å². The molecule has 0 saturated carbocycles. The van der Waals surface area contributed by atoms with Crippen molar-refractivity contribution in [3.63, 3.8) is 0 Å². The van der Waals surface area contributed by atoms with Crippen LogP contribution in [-0.4, -0.2) is 14.3 Å². The van der Waals surface area contributed by atoms with Gasteiger partial charge in [0.05, 0.1) is 0 Å². The fraction of sp³-hybridized carbons (Fsp3) is 0.150. The maximum absolute atomic E-state index is 12.1. The molecule has 0 fully saturated rings. The molecule has 0 atom stereocenters. The highest BCUT2D eigenvalue weighted by atomic mass is 32.2. The van der Waals surface area contributed by atoms with Crippen molar-refractivity contribution >= 4 is 27.3 Å². The average Bonchev–Trinajstić information content (AvgIpc) is 3.08. The zero-order chi connectivity index (χ0) is 18.6. The summed E-state index contributed by atoms with van der Waals surface area (Å²) in [5, 5.41) is 0. The van der Waals surface area contributed by atoms with Gasteiger partial charge in [-0.2, -0.15) is 0 Å². The first-order chi connectivity index (χ1) is 12.4. The van der Waals surface area contributed by atoms with E-state index in [4.69, 9.17) is 0 Å². The largest absolute Gasteiger partial charge is 0.274 e. The number of carbonyl (C=O) groups excluding carboxylic acids is 1. The Balaban J connectivity index is 1.58. The molecule has 0 aliphatic heterocycles. The Kier molecular flexibility index (Phi) is 5.54. The van der Waals surface area contributed by atoms with Crippen molar-refractivity contribution < 1.29 is 13.2 Å². The normalized spacial score (nSPS) is 11.3. The van der Waals surface area contributed by atoms with Gasteiger partial charge in [0.15, 0.2) is 0 Å². The van der Waals surface area contributed by atoms with Crippen molar-refractivity contribution in [2.75, 3.05) is 0 Å². The molecule has 6 heteroatoms. The molecule has 1 heterocycles. The number of thiophene rings is 1. The van der Waals surface area contributed by atoms with E-state index in [0.29, 0.717) is 6.42 Å². The molecule has 2 aromatic carbocycles. The first-order valence-corrected chi connectivity index (χ1v) is 10.5. The molecule has 0 aliphatic rings. The smallest absolute Gasteiger partial charge is 0.273 e. The number of aryl methyl sites for hydroxylation is 2. The molecule has 0 saturated heterocycles. The molecule has 0 spiro atoms. The Morgan fingerprint density at radius 2 is 1.58 bits per heavy atom. The van der Waals surface area contributed by atoms with Gasteiger partial charge in [-0.25, -0.2) is 13.1 Å². The number of hydrogen-bond donors (Lipinski definition) is 1. The summed E-state index contributed by atoms with van der Waals surface area (Å²) in [6.45, 7) is 1.82. The zero-order valence-electron chi connectivity index (χ0n) is 14.3. The summed E-state index contributed by atoms with van der Waals surface area (Å²) in [4.78, 5) is 12.9. The molecule has 4 nitrogen and oxygen atoms in total. The number of benzene rings is 2. The molecule has 1 aromatic heterocycles. The van der Waals surface area contributed by atoms with Crippen molar-refractivity contribution in [2.45, 2.75) is 24.0 Å². The summed E-state index contributed by atoms with van der Waals surface area (Å²) in [5.41, 5.74) is 3.23. The second-order valence-corrected chi connectivity index (χ2v) is 9.15. The predicted octanol–water partition coefficient (Wildman–Crippen LogP) is 4.16. The topological polar surface area (TPSA) is 63.2 Å². The number of carbonyl (C=O) groups is 1. The molecular weight excluding hydrogens is 366 g/mol. The summed E-state index contributed by atoms with van der Waals surface area (Å²) in [5.74, 6) is -0.497. The highest BCUT2D eigenvalue weighted by molar-refractivity contribution is 7.92. The van der Waals surface area contributed by atoms with Crippen LogP contribution < -0.4 is 4.72 Å². The molecule has 0 unspecified atom stereocenters. The molecule has 0 bridgehead atoms. The molecule has 0 radical (unpaired) electrons. The second kappa shape index (κ2) is 7.85. The number of sulfonamides is 1. The Morgan fingerprint density at radius 3 is 2.19 bits per heavy atom. The summed E-state index contributed by atoms with van der Waals surface area (Å²) < 4.78 is 26.6. The van der Waals surface area contributed by atoms with Gasteiger partial charge in [-0.05, 0) is 42.2 Å². The van der Waals surface area contributed by atoms with Gasteiger partial charge in [0.2, 0.25) is 5.91 Å². The van der Waals surface area contributed by atoms with Crippen LogP contribution in [0.4, 0.5) is 0 Å². The third kappa shape index (κ3) is 4.59. The van der Waals surface area contributed by atoms with E-state index in [1.165, 1.54) is 6.07 Å². The average molecular weight is 386 g/mol. The third-order valence-electron chi connectivity index (χ3n) is 3.93.